The second kappa shape index (κ2) is 7.46. The number of hydrogen-bond acceptors (Lipinski definition) is 1. The van der Waals surface area contributed by atoms with E-state index in [-0.39, 0.29) is 5.91 Å². The third-order valence-electron chi connectivity index (χ3n) is 3.71. The van der Waals surface area contributed by atoms with Gasteiger partial charge in [-0.1, -0.05) is 42.0 Å². The number of rotatable bonds is 5. The van der Waals surface area contributed by atoms with Crippen LogP contribution in [0.25, 0.3) is 5.57 Å². The van der Waals surface area contributed by atoms with Crippen LogP contribution in [0.4, 0.5) is 0 Å². The van der Waals surface area contributed by atoms with Crippen LogP contribution in [0.1, 0.15) is 37.3 Å². The lowest BCUT2D eigenvalue weighted by Crippen LogP contribution is -2.21. The zero-order valence-corrected chi connectivity index (χ0v) is 13.4. The summed E-state index contributed by atoms with van der Waals surface area (Å²) in [4.78, 5) is 10.8. The second-order valence-electron chi connectivity index (χ2n) is 5.63. The van der Waals surface area contributed by atoms with Crippen LogP contribution < -0.4 is 5.32 Å². The average Bonchev–Trinajstić information content (AvgIpc) is 2.44. The second-order valence-corrected chi connectivity index (χ2v) is 6.04. The fourth-order valence-corrected chi connectivity index (χ4v) is 2.96. The maximum atomic E-state index is 10.8. The Morgan fingerprint density at radius 3 is 2.95 bits per heavy atom. The molecule has 2 rings (SSSR count). The molecule has 1 unspecified atom stereocenters. The van der Waals surface area contributed by atoms with Crippen molar-refractivity contribution in [2.45, 2.75) is 33.1 Å². The molecule has 1 atom stereocenters. The number of halogens is 1. The number of hydrogen-bond donors (Lipinski definition) is 1. The summed E-state index contributed by atoms with van der Waals surface area (Å²) in [5, 5.41) is 3.65. The van der Waals surface area contributed by atoms with Crippen LogP contribution >= 0.6 is 11.6 Å². The van der Waals surface area contributed by atoms with Crippen molar-refractivity contribution in [1.82, 2.24) is 5.32 Å². The SMILES string of the molecule is CC(=O)NCCCC1C=C(c2ccc(C)cc2Cl)C=CC1. The molecule has 1 aliphatic rings. The molecule has 1 N–H and O–H groups in total. The van der Waals surface area contributed by atoms with Crippen molar-refractivity contribution in [1.29, 1.82) is 0 Å². The molecule has 112 valence electrons. The first-order valence-corrected chi connectivity index (χ1v) is 7.83. The molecule has 0 radical (unpaired) electrons. The third kappa shape index (κ3) is 4.75. The molecular weight excluding hydrogens is 282 g/mol. The van der Waals surface area contributed by atoms with Crippen LogP contribution in [0, 0.1) is 12.8 Å². The van der Waals surface area contributed by atoms with E-state index in [2.05, 4.69) is 35.7 Å². The molecule has 0 heterocycles. The number of benzene rings is 1. The number of aryl methyl sites for hydroxylation is 1. The quantitative estimate of drug-likeness (QED) is 0.796. The summed E-state index contributed by atoms with van der Waals surface area (Å²) in [5.41, 5.74) is 3.48. The Bertz CT molecular complexity index is 575. The first-order chi connectivity index (χ1) is 10.1. The summed E-state index contributed by atoms with van der Waals surface area (Å²) in [7, 11) is 0. The first-order valence-electron chi connectivity index (χ1n) is 7.45. The van der Waals surface area contributed by atoms with Gasteiger partial charge in [0.05, 0.1) is 0 Å². The van der Waals surface area contributed by atoms with Crippen LogP contribution in [-0.4, -0.2) is 12.5 Å². The van der Waals surface area contributed by atoms with Crippen LogP contribution in [0.2, 0.25) is 5.02 Å². The van der Waals surface area contributed by atoms with E-state index in [1.165, 1.54) is 11.1 Å². The lowest BCUT2D eigenvalue weighted by atomic mass is 9.89. The van der Waals surface area contributed by atoms with Gasteiger partial charge in [0, 0.05) is 18.5 Å². The number of nitrogens with one attached hydrogen (secondary N) is 1. The van der Waals surface area contributed by atoms with Crippen molar-refractivity contribution in [3.8, 4) is 0 Å². The highest BCUT2D eigenvalue weighted by atomic mass is 35.5. The molecular formula is C18H22ClNO. The molecule has 0 saturated heterocycles. The van der Waals surface area contributed by atoms with E-state index in [1.807, 2.05) is 13.0 Å². The third-order valence-corrected chi connectivity index (χ3v) is 4.03. The summed E-state index contributed by atoms with van der Waals surface area (Å²) in [6, 6.07) is 6.19. The van der Waals surface area contributed by atoms with Crippen LogP contribution in [-0.2, 0) is 4.79 Å². The lowest BCUT2D eigenvalue weighted by Gasteiger charge is -2.18. The minimum Gasteiger partial charge on any atom is -0.356 e. The van der Waals surface area contributed by atoms with Gasteiger partial charge in [-0.3, -0.25) is 4.79 Å². The average molecular weight is 304 g/mol. The fraction of sp³-hybridized carbons (Fsp3) is 0.389. The Morgan fingerprint density at radius 2 is 2.24 bits per heavy atom. The van der Waals surface area contributed by atoms with Gasteiger partial charge in [-0.05, 0) is 54.9 Å². The van der Waals surface area contributed by atoms with Gasteiger partial charge in [0.25, 0.3) is 0 Å². The van der Waals surface area contributed by atoms with Crippen molar-refractivity contribution in [2.24, 2.45) is 5.92 Å². The van der Waals surface area contributed by atoms with Crippen molar-refractivity contribution in [3.05, 3.63) is 52.6 Å². The maximum Gasteiger partial charge on any atom is 0.216 e. The Hall–Kier alpha value is -1.54. The number of amides is 1. The normalized spacial score (nSPS) is 17.5. The van der Waals surface area contributed by atoms with Crippen molar-refractivity contribution in [2.75, 3.05) is 6.54 Å². The van der Waals surface area contributed by atoms with Crippen molar-refractivity contribution in [3.63, 3.8) is 0 Å². The molecule has 0 saturated carbocycles. The van der Waals surface area contributed by atoms with E-state index >= 15 is 0 Å². The van der Waals surface area contributed by atoms with E-state index < -0.39 is 0 Å². The molecule has 0 spiro atoms. The van der Waals surface area contributed by atoms with Gasteiger partial charge in [-0.25, -0.2) is 0 Å². The van der Waals surface area contributed by atoms with Gasteiger partial charge in [-0.2, -0.15) is 0 Å². The number of allylic oxidation sites excluding steroid dienone is 4. The predicted octanol–water partition coefficient (Wildman–Crippen LogP) is 4.52. The highest BCUT2D eigenvalue weighted by Crippen LogP contribution is 2.31. The summed E-state index contributed by atoms with van der Waals surface area (Å²) >= 11 is 6.35. The molecule has 0 aromatic heterocycles. The zero-order valence-electron chi connectivity index (χ0n) is 12.7. The minimum absolute atomic E-state index is 0.0428. The van der Waals surface area contributed by atoms with Gasteiger partial charge in [0.2, 0.25) is 5.91 Å². The molecule has 0 aliphatic heterocycles. The molecule has 2 nitrogen and oxygen atoms in total. The summed E-state index contributed by atoms with van der Waals surface area (Å²) in [6.45, 7) is 4.36. The molecule has 0 fully saturated rings. The molecule has 21 heavy (non-hydrogen) atoms. The van der Waals surface area contributed by atoms with Gasteiger partial charge >= 0.3 is 0 Å². The van der Waals surface area contributed by atoms with Gasteiger partial charge in [0.15, 0.2) is 0 Å². The van der Waals surface area contributed by atoms with E-state index in [1.54, 1.807) is 6.92 Å². The summed E-state index contributed by atoms with van der Waals surface area (Å²) in [6.07, 6.45) is 9.83. The largest absolute Gasteiger partial charge is 0.356 e. The van der Waals surface area contributed by atoms with Crippen molar-refractivity contribution >= 4 is 23.1 Å². The highest BCUT2D eigenvalue weighted by molar-refractivity contribution is 6.32. The van der Waals surface area contributed by atoms with Crippen molar-refractivity contribution < 1.29 is 4.79 Å². The zero-order chi connectivity index (χ0) is 15.2. The molecule has 0 bridgehead atoms. The smallest absolute Gasteiger partial charge is 0.216 e. The van der Waals surface area contributed by atoms with E-state index in [0.717, 1.165) is 36.4 Å². The van der Waals surface area contributed by atoms with Gasteiger partial charge < -0.3 is 5.32 Å². The predicted molar refractivity (Wildman–Crippen MR) is 89.3 cm³/mol. The van der Waals surface area contributed by atoms with Gasteiger partial charge in [0.1, 0.15) is 0 Å². The number of carbonyl (C=O) groups is 1. The first kappa shape index (κ1) is 15.8. The van der Waals surface area contributed by atoms with E-state index in [9.17, 15) is 4.79 Å². The lowest BCUT2D eigenvalue weighted by molar-refractivity contribution is -0.118. The monoisotopic (exact) mass is 303 g/mol. The molecule has 1 amide bonds. The number of carbonyl (C=O) groups excluding carboxylic acids is 1. The minimum atomic E-state index is 0.0428. The molecule has 3 heteroatoms. The fourth-order valence-electron chi connectivity index (χ4n) is 2.61. The van der Waals surface area contributed by atoms with Crippen LogP contribution in [0.5, 0.6) is 0 Å². The molecule has 1 aliphatic carbocycles. The highest BCUT2D eigenvalue weighted by Gasteiger charge is 2.12. The standard InChI is InChI=1S/C18H22ClNO/c1-13-8-9-17(18(19)11-13)16-7-3-5-15(12-16)6-4-10-20-14(2)21/h3,7-9,11-12,15H,4-6,10H2,1-2H3,(H,20,21). The maximum absolute atomic E-state index is 10.8. The van der Waals surface area contributed by atoms with E-state index in [0.29, 0.717) is 5.92 Å². The Kier molecular flexibility index (Phi) is 5.63. The van der Waals surface area contributed by atoms with E-state index in [4.69, 9.17) is 11.6 Å². The molecule has 1 aromatic carbocycles. The Morgan fingerprint density at radius 1 is 1.43 bits per heavy atom. The topological polar surface area (TPSA) is 29.1 Å². The van der Waals surface area contributed by atoms with Gasteiger partial charge in [-0.15, -0.1) is 0 Å². The Balaban J connectivity index is 1.99. The Labute approximate surface area is 131 Å². The summed E-state index contributed by atoms with van der Waals surface area (Å²) in [5.74, 6) is 0.567. The van der Waals surface area contributed by atoms with Crippen LogP contribution in [0.15, 0.2) is 36.4 Å². The van der Waals surface area contributed by atoms with Crippen LogP contribution in [0.3, 0.4) is 0 Å². The molecule has 1 aromatic rings. The summed E-state index contributed by atoms with van der Waals surface area (Å²) < 4.78 is 0.